The van der Waals surface area contributed by atoms with Gasteiger partial charge in [-0.05, 0) is 19.1 Å². The Morgan fingerprint density at radius 1 is 0.917 bits per heavy atom. The van der Waals surface area contributed by atoms with Gasteiger partial charge in [0.15, 0.2) is 5.82 Å². The molecule has 0 atom stereocenters. The van der Waals surface area contributed by atoms with Crippen molar-refractivity contribution in [2.24, 2.45) is 0 Å². The lowest BCUT2D eigenvalue weighted by Gasteiger charge is -2.11. The first-order chi connectivity index (χ1) is 17.6. The highest BCUT2D eigenvalue weighted by molar-refractivity contribution is 5.87. The van der Waals surface area contributed by atoms with Gasteiger partial charge < -0.3 is 19.4 Å². The van der Waals surface area contributed by atoms with Crippen LogP contribution in [0.2, 0.25) is 0 Å². The van der Waals surface area contributed by atoms with E-state index in [1.165, 1.54) is 18.5 Å². The molecule has 0 aliphatic heterocycles. The predicted molar refractivity (Wildman–Crippen MR) is 137 cm³/mol. The first-order valence-electron chi connectivity index (χ1n) is 11.4. The summed E-state index contributed by atoms with van der Waals surface area (Å²) in [4.78, 5) is 17.5. The van der Waals surface area contributed by atoms with Crippen LogP contribution in [0.1, 0.15) is 5.69 Å². The number of nitrogens with one attached hydrogen (secondary N) is 1. The lowest BCUT2D eigenvalue weighted by atomic mass is 10.1. The summed E-state index contributed by atoms with van der Waals surface area (Å²) in [6.45, 7) is 3.24. The van der Waals surface area contributed by atoms with Crippen LogP contribution in [0, 0.1) is 12.7 Å². The summed E-state index contributed by atoms with van der Waals surface area (Å²) in [5.74, 6) is 2.03. The minimum absolute atomic E-state index is 0.323. The van der Waals surface area contributed by atoms with Crippen LogP contribution in [0.25, 0.3) is 33.5 Å². The molecule has 0 unspecified atom stereocenters. The van der Waals surface area contributed by atoms with Crippen LogP contribution < -0.4 is 14.8 Å². The zero-order chi connectivity index (χ0) is 25.1. The van der Waals surface area contributed by atoms with Crippen LogP contribution in [0.5, 0.6) is 11.6 Å². The first-order valence-corrected chi connectivity index (χ1v) is 11.4. The topological polar surface area (TPSA) is 87.0 Å². The quantitative estimate of drug-likeness (QED) is 0.327. The molecule has 0 radical (unpaired) electrons. The van der Waals surface area contributed by atoms with Crippen LogP contribution in [-0.4, -0.2) is 45.3 Å². The van der Waals surface area contributed by atoms with Gasteiger partial charge in [-0.25, -0.2) is 19.3 Å². The summed E-state index contributed by atoms with van der Waals surface area (Å²) >= 11 is 0. The molecule has 1 N–H and O–H groups in total. The maximum absolute atomic E-state index is 14.1. The van der Waals surface area contributed by atoms with E-state index in [1.54, 1.807) is 26.5 Å². The fourth-order valence-corrected chi connectivity index (χ4v) is 4.18. The number of hydrogen-bond donors (Lipinski definition) is 1. The average molecular weight is 485 g/mol. The van der Waals surface area contributed by atoms with E-state index in [4.69, 9.17) is 9.47 Å². The van der Waals surface area contributed by atoms with Crippen molar-refractivity contribution in [2.75, 3.05) is 26.1 Å². The van der Waals surface area contributed by atoms with Crippen molar-refractivity contribution in [3.8, 4) is 34.3 Å². The van der Waals surface area contributed by atoms with Crippen LogP contribution >= 0.6 is 0 Å². The van der Waals surface area contributed by atoms with E-state index in [0.29, 0.717) is 36.4 Å². The number of anilines is 1. The third-order valence-electron chi connectivity index (χ3n) is 5.96. The van der Waals surface area contributed by atoms with Crippen LogP contribution in [0.3, 0.4) is 0 Å². The molecule has 3 aromatic heterocycles. The molecular formula is C27H25FN6O2. The number of fused-ring (bicyclic) bond motifs is 1. The number of nitrogens with zero attached hydrogens (tertiary/aromatic N) is 5. The Labute approximate surface area is 207 Å². The molecule has 182 valence electrons. The molecule has 9 heteroatoms. The highest BCUT2D eigenvalue weighted by atomic mass is 19.1. The molecule has 0 bridgehead atoms. The van der Waals surface area contributed by atoms with Crippen molar-refractivity contribution in [3.63, 3.8) is 0 Å². The van der Waals surface area contributed by atoms with E-state index in [-0.39, 0.29) is 5.82 Å². The number of aromatic nitrogens is 5. The van der Waals surface area contributed by atoms with Gasteiger partial charge in [-0.3, -0.25) is 0 Å². The van der Waals surface area contributed by atoms with Gasteiger partial charge in [-0.15, -0.1) is 0 Å². The molecule has 5 aromatic rings. The number of hydrogen-bond acceptors (Lipinski definition) is 7. The van der Waals surface area contributed by atoms with E-state index in [0.717, 1.165) is 33.4 Å². The summed E-state index contributed by atoms with van der Waals surface area (Å²) in [6, 6.07) is 16.4. The second-order valence-electron chi connectivity index (χ2n) is 8.19. The maximum Gasteiger partial charge on any atom is 0.216 e. The molecule has 0 amide bonds. The summed E-state index contributed by atoms with van der Waals surface area (Å²) in [7, 11) is 3.13. The third kappa shape index (κ3) is 4.68. The minimum atomic E-state index is -0.323. The number of aryl methyl sites for hydroxylation is 1. The van der Waals surface area contributed by atoms with E-state index >= 15 is 0 Å². The molecular weight excluding hydrogens is 459 g/mol. The SMILES string of the molecule is COc1ccnc(-c2ccc(-c3cc(NCCn4c(C)cc5c(OC)cc(F)cc54)ncn3)cc2)n1. The molecule has 0 saturated carbocycles. The van der Waals surface area contributed by atoms with Crippen LogP contribution in [0.15, 0.2) is 67.1 Å². The minimum Gasteiger partial charge on any atom is -0.496 e. The van der Waals surface area contributed by atoms with Crippen LogP contribution in [-0.2, 0) is 6.54 Å². The van der Waals surface area contributed by atoms with Gasteiger partial charge in [-0.2, -0.15) is 4.98 Å². The number of halogens is 1. The second-order valence-corrected chi connectivity index (χ2v) is 8.19. The van der Waals surface area contributed by atoms with E-state index in [9.17, 15) is 4.39 Å². The Morgan fingerprint density at radius 2 is 1.72 bits per heavy atom. The summed E-state index contributed by atoms with van der Waals surface area (Å²) in [5.41, 5.74) is 4.45. The smallest absolute Gasteiger partial charge is 0.216 e. The molecule has 0 aliphatic rings. The zero-order valence-corrected chi connectivity index (χ0v) is 20.2. The Kier molecular flexibility index (Phi) is 6.44. The van der Waals surface area contributed by atoms with Gasteiger partial charge in [0.1, 0.15) is 23.7 Å². The van der Waals surface area contributed by atoms with Gasteiger partial charge in [0.2, 0.25) is 5.88 Å². The standard InChI is InChI=1S/C27H25FN6O2/c1-17-12-21-23(13-20(28)14-24(21)35-2)34(17)11-10-29-25-15-22(31-16-32-25)18-4-6-19(7-5-18)27-30-9-8-26(33-27)36-3/h4-9,12-16H,10-11H2,1-3H3,(H,29,31,32). The third-order valence-corrected chi connectivity index (χ3v) is 5.96. The maximum atomic E-state index is 14.1. The summed E-state index contributed by atoms with van der Waals surface area (Å²) < 4.78 is 26.7. The molecule has 3 heterocycles. The molecule has 8 nitrogen and oxygen atoms in total. The Bertz CT molecular complexity index is 1520. The number of methoxy groups -OCH3 is 2. The highest BCUT2D eigenvalue weighted by Gasteiger charge is 2.12. The summed E-state index contributed by atoms with van der Waals surface area (Å²) in [6.07, 6.45) is 3.20. The average Bonchev–Trinajstić information content (AvgIpc) is 3.23. The largest absolute Gasteiger partial charge is 0.496 e. The molecule has 0 aliphatic carbocycles. The van der Waals surface area contributed by atoms with Gasteiger partial charge in [-0.1, -0.05) is 24.3 Å². The lowest BCUT2D eigenvalue weighted by Crippen LogP contribution is -2.12. The van der Waals surface area contributed by atoms with Crippen molar-refractivity contribution in [2.45, 2.75) is 13.5 Å². The number of benzene rings is 2. The van der Waals surface area contributed by atoms with Gasteiger partial charge in [0.25, 0.3) is 0 Å². The van der Waals surface area contributed by atoms with Crippen molar-refractivity contribution >= 4 is 16.7 Å². The van der Waals surface area contributed by atoms with Crippen molar-refractivity contribution < 1.29 is 13.9 Å². The summed E-state index contributed by atoms with van der Waals surface area (Å²) in [5, 5.41) is 4.24. The normalized spacial score (nSPS) is 11.0. The van der Waals surface area contributed by atoms with E-state index in [1.807, 2.05) is 43.3 Å². The molecule has 5 rings (SSSR count). The fourth-order valence-electron chi connectivity index (χ4n) is 4.18. The van der Waals surface area contributed by atoms with Crippen molar-refractivity contribution in [1.29, 1.82) is 0 Å². The Morgan fingerprint density at radius 3 is 2.50 bits per heavy atom. The zero-order valence-electron chi connectivity index (χ0n) is 20.2. The van der Waals surface area contributed by atoms with Crippen molar-refractivity contribution in [3.05, 3.63) is 78.6 Å². The highest BCUT2D eigenvalue weighted by Crippen LogP contribution is 2.30. The van der Waals surface area contributed by atoms with E-state index in [2.05, 4.69) is 29.8 Å². The van der Waals surface area contributed by atoms with Crippen LogP contribution in [0.4, 0.5) is 10.2 Å². The van der Waals surface area contributed by atoms with E-state index < -0.39 is 0 Å². The molecule has 0 spiro atoms. The number of ether oxygens (including phenoxy) is 2. The molecule has 36 heavy (non-hydrogen) atoms. The Hall–Kier alpha value is -4.53. The Balaban J connectivity index is 1.29. The van der Waals surface area contributed by atoms with Gasteiger partial charge >= 0.3 is 0 Å². The van der Waals surface area contributed by atoms with Gasteiger partial charge in [0, 0.05) is 59.7 Å². The predicted octanol–water partition coefficient (Wildman–Crippen LogP) is 5.13. The fraction of sp³-hybridized carbons (Fsp3) is 0.185. The monoisotopic (exact) mass is 484 g/mol. The first kappa shape index (κ1) is 23.2. The molecule has 0 fully saturated rings. The van der Waals surface area contributed by atoms with Gasteiger partial charge in [0.05, 0.1) is 25.4 Å². The molecule has 2 aromatic carbocycles. The second kappa shape index (κ2) is 9.99. The van der Waals surface area contributed by atoms with Crippen molar-refractivity contribution in [1.82, 2.24) is 24.5 Å². The molecule has 0 saturated heterocycles. The lowest BCUT2D eigenvalue weighted by molar-refractivity contribution is 0.397. The number of rotatable bonds is 8.